The Morgan fingerprint density at radius 1 is 1.24 bits per heavy atom. The molecule has 1 atom stereocenters. The standard InChI is InChI=1S/C12H15N3OS/c1-8(16)10-4-6-11(7-5-10)17-12-14-13-9(2)15(12)3/h4-8,16H,1-3H3/t8-/m0/s1. The Hall–Kier alpha value is -1.33. The summed E-state index contributed by atoms with van der Waals surface area (Å²) in [4.78, 5) is 1.09. The maximum atomic E-state index is 9.42. The van der Waals surface area contributed by atoms with Gasteiger partial charge in [0.05, 0.1) is 6.10 Å². The van der Waals surface area contributed by atoms with Gasteiger partial charge < -0.3 is 9.67 Å². The molecule has 0 fully saturated rings. The monoisotopic (exact) mass is 249 g/mol. The number of aliphatic hydroxyl groups is 1. The first-order chi connectivity index (χ1) is 8.08. The molecule has 0 spiro atoms. The first-order valence-corrected chi connectivity index (χ1v) is 6.21. The Balaban J connectivity index is 2.17. The summed E-state index contributed by atoms with van der Waals surface area (Å²) < 4.78 is 1.95. The zero-order chi connectivity index (χ0) is 12.4. The third-order valence-corrected chi connectivity index (χ3v) is 3.67. The molecule has 1 N–H and O–H groups in total. The van der Waals surface area contributed by atoms with E-state index in [0.29, 0.717) is 0 Å². The minimum absolute atomic E-state index is 0.425. The van der Waals surface area contributed by atoms with Crippen molar-refractivity contribution in [2.24, 2.45) is 7.05 Å². The largest absolute Gasteiger partial charge is 0.389 e. The molecule has 0 radical (unpaired) electrons. The third kappa shape index (κ3) is 2.68. The van der Waals surface area contributed by atoms with Crippen molar-refractivity contribution in [2.75, 3.05) is 0 Å². The van der Waals surface area contributed by atoms with E-state index >= 15 is 0 Å². The summed E-state index contributed by atoms with van der Waals surface area (Å²) >= 11 is 1.56. The molecule has 0 bridgehead atoms. The van der Waals surface area contributed by atoms with Crippen molar-refractivity contribution in [1.29, 1.82) is 0 Å². The maximum Gasteiger partial charge on any atom is 0.195 e. The fourth-order valence-electron chi connectivity index (χ4n) is 1.40. The van der Waals surface area contributed by atoms with Crippen LogP contribution in [0.4, 0.5) is 0 Å². The average Bonchev–Trinajstić information content (AvgIpc) is 2.62. The van der Waals surface area contributed by atoms with Crippen LogP contribution in [0.1, 0.15) is 24.4 Å². The fraction of sp³-hybridized carbons (Fsp3) is 0.333. The van der Waals surface area contributed by atoms with Gasteiger partial charge in [0.25, 0.3) is 0 Å². The summed E-state index contributed by atoms with van der Waals surface area (Å²) in [6.45, 7) is 3.68. The molecular formula is C12H15N3OS. The van der Waals surface area contributed by atoms with E-state index in [0.717, 1.165) is 21.4 Å². The first-order valence-electron chi connectivity index (χ1n) is 5.40. The molecule has 0 saturated carbocycles. The molecule has 5 heteroatoms. The molecule has 4 nitrogen and oxygen atoms in total. The van der Waals surface area contributed by atoms with Crippen LogP contribution >= 0.6 is 11.8 Å². The number of hydrogen-bond donors (Lipinski definition) is 1. The number of hydrogen-bond acceptors (Lipinski definition) is 4. The Morgan fingerprint density at radius 2 is 1.88 bits per heavy atom. The smallest absolute Gasteiger partial charge is 0.195 e. The van der Waals surface area contributed by atoms with Gasteiger partial charge in [-0.15, -0.1) is 10.2 Å². The van der Waals surface area contributed by atoms with Crippen molar-refractivity contribution in [2.45, 2.75) is 30.0 Å². The van der Waals surface area contributed by atoms with Gasteiger partial charge in [0.1, 0.15) is 5.82 Å². The Bertz CT molecular complexity index is 505. The number of rotatable bonds is 3. The minimum atomic E-state index is -0.425. The molecule has 0 aliphatic heterocycles. The highest BCUT2D eigenvalue weighted by molar-refractivity contribution is 7.99. The van der Waals surface area contributed by atoms with Crippen molar-refractivity contribution < 1.29 is 5.11 Å². The lowest BCUT2D eigenvalue weighted by Gasteiger charge is -2.05. The van der Waals surface area contributed by atoms with E-state index in [9.17, 15) is 5.11 Å². The van der Waals surface area contributed by atoms with Crippen molar-refractivity contribution in [3.63, 3.8) is 0 Å². The van der Waals surface area contributed by atoms with Crippen LogP contribution in [0.15, 0.2) is 34.3 Å². The highest BCUT2D eigenvalue weighted by Crippen LogP contribution is 2.27. The van der Waals surface area contributed by atoms with E-state index in [1.165, 1.54) is 0 Å². The van der Waals surface area contributed by atoms with E-state index in [-0.39, 0.29) is 0 Å². The van der Waals surface area contributed by atoms with Crippen LogP contribution in [-0.2, 0) is 7.05 Å². The molecule has 0 unspecified atom stereocenters. The van der Waals surface area contributed by atoms with Gasteiger partial charge in [0, 0.05) is 11.9 Å². The van der Waals surface area contributed by atoms with Crippen LogP contribution < -0.4 is 0 Å². The second-order valence-electron chi connectivity index (χ2n) is 3.94. The second kappa shape index (κ2) is 4.89. The summed E-state index contributed by atoms with van der Waals surface area (Å²) in [5.41, 5.74) is 0.920. The summed E-state index contributed by atoms with van der Waals surface area (Å²) in [6.07, 6.45) is -0.425. The van der Waals surface area contributed by atoms with Crippen LogP contribution in [0.5, 0.6) is 0 Å². The molecule has 17 heavy (non-hydrogen) atoms. The van der Waals surface area contributed by atoms with E-state index in [1.54, 1.807) is 18.7 Å². The molecule has 0 aliphatic carbocycles. The minimum Gasteiger partial charge on any atom is -0.389 e. The fourth-order valence-corrected chi connectivity index (χ4v) is 2.23. The molecule has 90 valence electrons. The van der Waals surface area contributed by atoms with Crippen LogP contribution in [0, 0.1) is 6.92 Å². The van der Waals surface area contributed by atoms with Gasteiger partial charge in [-0.2, -0.15) is 0 Å². The van der Waals surface area contributed by atoms with E-state index < -0.39 is 6.10 Å². The van der Waals surface area contributed by atoms with Crippen LogP contribution in [-0.4, -0.2) is 19.9 Å². The van der Waals surface area contributed by atoms with E-state index in [4.69, 9.17) is 0 Å². The third-order valence-electron chi connectivity index (χ3n) is 2.62. The Kier molecular flexibility index (Phi) is 3.49. The summed E-state index contributed by atoms with van der Waals surface area (Å²) in [6, 6.07) is 7.82. The molecule has 1 heterocycles. The lowest BCUT2D eigenvalue weighted by molar-refractivity contribution is 0.199. The van der Waals surface area contributed by atoms with Crippen molar-refractivity contribution >= 4 is 11.8 Å². The zero-order valence-corrected chi connectivity index (χ0v) is 10.9. The van der Waals surface area contributed by atoms with E-state index in [1.807, 2.05) is 42.8 Å². The summed E-state index contributed by atoms with van der Waals surface area (Å²) in [5, 5.41) is 18.4. The SMILES string of the molecule is Cc1nnc(Sc2ccc([C@H](C)O)cc2)n1C. The second-order valence-corrected chi connectivity index (χ2v) is 4.98. The molecule has 2 aromatic rings. The zero-order valence-electron chi connectivity index (χ0n) is 10.1. The maximum absolute atomic E-state index is 9.42. The van der Waals surface area contributed by atoms with Gasteiger partial charge >= 0.3 is 0 Å². The topological polar surface area (TPSA) is 50.9 Å². The molecule has 0 amide bonds. The van der Waals surface area contributed by atoms with Crippen LogP contribution in [0.2, 0.25) is 0 Å². The average molecular weight is 249 g/mol. The Morgan fingerprint density at radius 3 is 2.35 bits per heavy atom. The lowest BCUT2D eigenvalue weighted by Crippen LogP contribution is -1.93. The molecule has 0 aliphatic rings. The van der Waals surface area contributed by atoms with Crippen LogP contribution in [0.3, 0.4) is 0 Å². The lowest BCUT2D eigenvalue weighted by atomic mass is 10.1. The summed E-state index contributed by atoms with van der Waals surface area (Å²) in [7, 11) is 1.95. The number of aromatic nitrogens is 3. The van der Waals surface area contributed by atoms with Gasteiger partial charge in [-0.05, 0) is 43.3 Å². The van der Waals surface area contributed by atoms with Gasteiger partial charge in [0.2, 0.25) is 0 Å². The number of aliphatic hydroxyl groups excluding tert-OH is 1. The number of nitrogens with zero attached hydrogens (tertiary/aromatic N) is 3. The molecular weight excluding hydrogens is 234 g/mol. The highest BCUT2D eigenvalue weighted by atomic mass is 32.2. The van der Waals surface area contributed by atoms with Gasteiger partial charge in [0.15, 0.2) is 5.16 Å². The van der Waals surface area contributed by atoms with Gasteiger partial charge in [-0.3, -0.25) is 0 Å². The predicted octanol–water partition coefficient (Wildman–Crippen LogP) is 2.33. The molecule has 1 aromatic carbocycles. The molecule has 0 saturated heterocycles. The van der Waals surface area contributed by atoms with E-state index in [2.05, 4.69) is 10.2 Å². The highest BCUT2D eigenvalue weighted by Gasteiger charge is 2.07. The molecule has 1 aromatic heterocycles. The predicted molar refractivity (Wildman–Crippen MR) is 66.9 cm³/mol. The molecule has 2 rings (SSSR count). The van der Waals surface area contributed by atoms with Crippen molar-refractivity contribution in [3.05, 3.63) is 35.7 Å². The van der Waals surface area contributed by atoms with Crippen molar-refractivity contribution in [1.82, 2.24) is 14.8 Å². The Labute approximate surface area is 105 Å². The number of benzene rings is 1. The normalized spacial score (nSPS) is 12.7. The number of aryl methyl sites for hydroxylation is 1. The van der Waals surface area contributed by atoms with Gasteiger partial charge in [-0.1, -0.05) is 12.1 Å². The van der Waals surface area contributed by atoms with Crippen LogP contribution in [0.25, 0.3) is 0 Å². The quantitative estimate of drug-likeness (QED) is 0.907. The summed E-state index contributed by atoms with van der Waals surface area (Å²) in [5.74, 6) is 0.896. The van der Waals surface area contributed by atoms with Crippen molar-refractivity contribution in [3.8, 4) is 0 Å². The first kappa shape index (κ1) is 12.1. The van der Waals surface area contributed by atoms with Gasteiger partial charge in [-0.25, -0.2) is 0 Å².